The predicted octanol–water partition coefficient (Wildman–Crippen LogP) is 2.54. The molecule has 0 aliphatic carbocycles. The average Bonchev–Trinajstić information content (AvgIpc) is 2.95. The van der Waals surface area contributed by atoms with E-state index in [0.717, 1.165) is 15.6 Å². The first-order valence-corrected chi connectivity index (χ1v) is 8.25. The molecular weight excluding hydrogens is 284 g/mol. The third-order valence-corrected chi connectivity index (χ3v) is 5.64. The van der Waals surface area contributed by atoms with Gasteiger partial charge in [-0.05, 0) is 32.9 Å². The van der Waals surface area contributed by atoms with Gasteiger partial charge in [-0.15, -0.1) is 11.3 Å². The number of rotatable bonds is 5. The molecule has 0 saturated heterocycles. The standard InChI is InChI=1S/C12H16N2O3S2/c1-8(2)19(15,16)13-7-11-9(3)14-12(18-11)10-5-4-6-17-10/h4-6,8,13H,7H2,1-3H3. The molecule has 0 radical (unpaired) electrons. The van der Waals surface area contributed by atoms with E-state index in [-0.39, 0.29) is 6.54 Å². The van der Waals surface area contributed by atoms with Crippen molar-refractivity contribution in [3.05, 3.63) is 29.0 Å². The van der Waals surface area contributed by atoms with E-state index in [4.69, 9.17) is 4.42 Å². The summed E-state index contributed by atoms with van der Waals surface area (Å²) in [5.41, 5.74) is 0.822. The van der Waals surface area contributed by atoms with Crippen LogP contribution < -0.4 is 4.72 Å². The van der Waals surface area contributed by atoms with Crippen LogP contribution in [0.4, 0.5) is 0 Å². The number of aromatic nitrogens is 1. The summed E-state index contributed by atoms with van der Waals surface area (Å²) >= 11 is 1.44. The Labute approximate surface area is 116 Å². The molecule has 0 unspecified atom stereocenters. The van der Waals surface area contributed by atoms with E-state index in [0.29, 0.717) is 5.76 Å². The molecule has 2 aromatic heterocycles. The van der Waals surface area contributed by atoms with Crippen molar-refractivity contribution in [3.63, 3.8) is 0 Å². The number of nitrogens with zero attached hydrogens (tertiary/aromatic N) is 1. The topological polar surface area (TPSA) is 72.2 Å². The van der Waals surface area contributed by atoms with Gasteiger partial charge < -0.3 is 4.42 Å². The highest BCUT2D eigenvalue weighted by molar-refractivity contribution is 7.90. The van der Waals surface area contributed by atoms with E-state index in [9.17, 15) is 8.42 Å². The number of hydrogen-bond acceptors (Lipinski definition) is 5. The van der Waals surface area contributed by atoms with Gasteiger partial charge in [0, 0.05) is 11.4 Å². The first kappa shape index (κ1) is 14.2. The molecule has 0 fully saturated rings. The fourth-order valence-electron chi connectivity index (χ4n) is 1.43. The second-order valence-electron chi connectivity index (χ2n) is 4.42. The van der Waals surface area contributed by atoms with Crippen LogP contribution in [0, 0.1) is 6.92 Å². The van der Waals surface area contributed by atoms with Crippen LogP contribution in [0.5, 0.6) is 0 Å². The fraction of sp³-hybridized carbons (Fsp3) is 0.417. The number of sulfonamides is 1. The van der Waals surface area contributed by atoms with E-state index in [1.807, 2.05) is 13.0 Å². The minimum Gasteiger partial charge on any atom is -0.462 e. The van der Waals surface area contributed by atoms with Gasteiger partial charge in [0.1, 0.15) is 0 Å². The zero-order valence-corrected chi connectivity index (χ0v) is 12.6. The molecule has 2 rings (SSSR count). The smallest absolute Gasteiger partial charge is 0.214 e. The molecule has 0 aliphatic rings. The molecule has 0 aromatic carbocycles. The van der Waals surface area contributed by atoms with Crippen molar-refractivity contribution in [2.24, 2.45) is 0 Å². The quantitative estimate of drug-likeness (QED) is 0.921. The summed E-state index contributed by atoms with van der Waals surface area (Å²) in [6.45, 7) is 5.43. The van der Waals surface area contributed by atoms with Gasteiger partial charge in [0.25, 0.3) is 0 Å². The number of nitrogens with one attached hydrogen (secondary N) is 1. The van der Waals surface area contributed by atoms with Gasteiger partial charge in [0.05, 0.1) is 17.2 Å². The van der Waals surface area contributed by atoms with Crippen LogP contribution in [0.25, 0.3) is 10.8 Å². The van der Waals surface area contributed by atoms with E-state index in [1.54, 1.807) is 26.2 Å². The molecular formula is C12H16N2O3S2. The van der Waals surface area contributed by atoms with Gasteiger partial charge in [-0.3, -0.25) is 0 Å². The van der Waals surface area contributed by atoms with Crippen LogP contribution in [0.1, 0.15) is 24.4 Å². The first-order valence-electron chi connectivity index (χ1n) is 5.89. The van der Waals surface area contributed by atoms with Crippen molar-refractivity contribution in [1.82, 2.24) is 9.71 Å². The molecule has 19 heavy (non-hydrogen) atoms. The van der Waals surface area contributed by atoms with E-state index in [2.05, 4.69) is 9.71 Å². The lowest BCUT2D eigenvalue weighted by molar-refractivity contribution is 0.572. The SMILES string of the molecule is Cc1nc(-c2ccco2)sc1CNS(=O)(=O)C(C)C. The van der Waals surface area contributed by atoms with E-state index in [1.165, 1.54) is 11.3 Å². The average molecular weight is 300 g/mol. The lowest BCUT2D eigenvalue weighted by Crippen LogP contribution is -2.30. The van der Waals surface area contributed by atoms with E-state index < -0.39 is 15.3 Å². The van der Waals surface area contributed by atoms with Gasteiger partial charge in [0.2, 0.25) is 10.0 Å². The second kappa shape index (κ2) is 5.44. The molecule has 2 heterocycles. The summed E-state index contributed by atoms with van der Waals surface area (Å²) in [4.78, 5) is 5.29. The summed E-state index contributed by atoms with van der Waals surface area (Å²) < 4.78 is 31.3. The number of aryl methyl sites for hydroxylation is 1. The van der Waals surface area contributed by atoms with Crippen molar-refractivity contribution in [3.8, 4) is 10.8 Å². The summed E-state index contributed by atoms with van der Waals surface area (Å²) in [6, 6.07) is 3.63. The Hall–Kier alpha value is -1.18. The predicted molar refractivity (Wildman–Crippen MR) is 75.4 cm³/mol. The maximum absolute atomic E-state index is 11.7. The highest BCUT2D eigenvalue weighted by Crippen LogP contribution is 2.28. The molecule has 0 amide bonds. The first-order chi connectivity index (χ1) is 8.90. The molecule has 0 spiro atoms. The molecule has 1 N–H and O–H groups in total. The van der Waals surface area contributed by atoms with Crippen molar-refractivity contribution < 1.29 is 12.8 Å². The molecule has 0 atom stereocenters. The highest BCUT2D eigenvalue weighted by Gasteiger charge is 2.17. The van der Waals surface area contributed by atoms with Crippen molar-refractivity contribution in [1.29, 1.82) is 0 Å². The lowest BCUT2D eigenvalue weighted by Gasteiger charge is -2.08. The second-order valence-corrected chi connectivity index (χ2v) is 7.82. The normalized spacial score (nSPS) is 12.2. The summed E-state index contributed by atoms with van der Waals surface area (Å²) in [5.74, 6) is 0.700. The van der Waals surface area contributed by atoms with Crippen molar-refractivity contribution >= 4 is 21.4 Å². The monoisotopic (exact) mass is 300 g/mol. The molecule has 0 saturated carbocycles. The Kier molecular flexibility index (Phi) is 4.07. The minimum atomic E-state index is -3.25. The third kappa shape index (κ3) is 3.23. The maximum Gasteiger partial charge on any atom is 0.214 e. The van der Waals surface area contributed by atoms with Crippen molar-refractivity contribution in [2.45, 2.75) is 32.6 Å². The fourth-order valence-corrected chi connectivity index (χ4v) is 3.17. The van der Waals surface area contributed by atoms with Crippen LogP contribution in [-0.4, -0.2) is 18.7 Å². The Balaban J connectivity index is 2.15. The Bertz CT molecular complexity index is 643. The maximum atomic E-state index is 11.7. The summed E-state index contributed by atoms with van der Waals surface area (Å²) in [7, 11) is -3.25. The highest BCUT2D eigenvalue weighted by atomic mass is 32.2. The van der Waals surface area contributed by atoms with Gasteiger partial charge >= 0.3 is 0 Å². The Morgan fingerprint density at radius 3 is 2.79 bits per heavy atom. The summed E-state index contributed by atoms with van der Waals surface area (Å²) in [6.07, 6.45) is 1.59. The Morgan fingerprint density at radius 1 is 1.47 bits per heavy atom. The number of hydrogen-bond donors (Lipinski definition) is 1. The molecule has 5 nitrogen and oxygen atoms in total. The van der Waals surface area contributed by atoms with E-state index >= 15 is 0 Å². The molecule has 2 aromatic rings. The molecule has 0 bridgehead atoms. The van der Waals surface area contributed by atoms with Gasteiger partial charge in [-0.2, -0.15) is 0 Å². The van der Waals surface area contributed by atoms with Crippen LogP contribution in [0.2, 0.25) is 0 Å². The van der Waals surface area contributed by atoms with Crippen LogP contribution in [0.15, 0.2) is 22.8 Å². The third-order valence-electron chi connectivity index (χ3n) is 2.68. The van der Waals surface area contributed by atoms with Gasteiger partial charge in [0.15, 0.2) is 10.8 Å². The zero-order chi connectivity index (χ0) is 14.0. The molecule has 104 valence electrons. The Morgan fingerprint density at radius 2 is 2.21 bits per heavy atom. The number of furan rings is 1. The summed E-state index contributed by atoms with van der Waals surface area (Å²) in [5, 5.41) is 0.325. The number of thiazole rings is 1. The van der Waals surface area contributed by atoms with Gasteiger partial charge in [-0.25, -0.2) is 18.1 Å². The van der Waals surface area contributed by atoms with Crippen molar-refractivity contribution in [2.75, 3.05) is 0 Å². The minimum absolute atomic E-state index is 0.269. The lowest BCUT2D eigenvalue weighted by atomic mass is 10.4. The van der Waals surface area contributed by atoms with Gasteiger partial charge in [-0.1, -0.05) is 0 Å². The largest absolute Gasteiger partial charge is 0.462 e. The van der Waals surface area contributed by atoms with Crippen LogP contribution in [-0.2, 0) is 16.6 Å². The van der Waals surface area contributed by atoms with Crippen LogP contribution >= 0.6 is 11.3 Å². The molecule has 0 aliphatic heterocycles. The van der Waals surface area contributed by atoms with Crippen LogP contribution in [0.3, 0.4) is 0 Å². The molecule has 7 heteroatoms. The zero-order valence-electron chi connectivity index (χ0n) is 11.0.